The summed E-state index contributed by atoms with van der Waals surface area (Å²) >= 11 is 0. The predicted molar refractivity (Wildman–Crippen MR) is 102 cm³/mol. The summed E-state index contributed by atoms with van der Waals surface area (Å²) in [6, 6.07) is 3.67. The van der Waals surface area contributed by atoms with Crippen LogP contribution in [0.5, 0.6) is 0 Å². The van der Waals surface area contributed by atoms with Gasteiger partial charge in [-0.2, -0.15) is 4.31 Å². The number of primary amides is 1. The zero-order valence-corrected chi connectivity index (χ0v) is 16.8. The number of nitrogens with zero attached hydrogens (tertiary/aromatic N) is 2. The van der Waals surface area contributed by atoms with Crippen LogP contribution in [0.1, 0.15) is 33.1 Å². The molecule has 1 aliphatic rings. The van der Waals surface area contributed by atoms with Crippen molar-refractivity contribution >= 4 is 21.8 Å². The van der Waals surface area contributed by atoms with E-state index in [1.165, 1.54) is 23.0 Å². The minimum Gasteiger partial charge on any atom is -0.390 e. The Hall–Kier alpha value is -2.04. The van der Waals surface area contributed by atoms with E-state index in [4.69, 9.17) is 5.73 Å². The lowest BCUT2D eigenvalue weighted by atomic mass is 10.0. The number of β-amino-alcohol motifs (C(OH)–C–C–N with tert-alkyl or cyclic N) is 1. The van der Waals surface area contributed by atoms with Gasteiger partial charge in [-0.3, -0.25) is 9.59 Å². The molecule has 0 saturated carbocycles. The molecule has 4 N–H and O–H groups in total. The van der Waals surface area contributed by atoms with Crippen LogP contribution in [0.25, 0.3) is 0 Å². The molecule has 1 aromatic rings. The lowest BCUT2D eigenvalue weighted by Gasteiger charge is -2.27. The third kappa shape index (κ3) is 5.49. The number of hydrogen-bond acceptors (Lipinski definition) is 6. The fourth-order valence-electron chi connectivity index (χ4n) is 3.01. The highest BCUT2D eigenvalue weighted by Gasteiger charge is 2.37. The fourth-order valence-corrected chi connectivity index (χ4v) is 4.63. The second kappa shape index (κ2) is 9.44. The Bertz CT molecular complexity index is 786. The molecule has 1 aliphatic heterocycles. The first-order valence-electron chi connectivity index (χ1n) is 9.17. The number of sulfonamides is 1. The number of carbonyl (C=O) groups is 2. The molecule has 9 nitrogen and oxygen atoms in total. The molecule has 4 atom stereocenters. The number of nitrogens with one attached hydrogen (secondary N) is 1. The summed E-state index contributed by atoms with van der Waals surface area (Å²) in [5.74, 6) is -1.39. The van der Waals surface area contributed by atoms with Gasteiger partial charge in [0.05, 0.1) is 18.6 Å². The first kappa shape index (κ1) is 22.3. The van der Waals surface area contributed by atoms with E-state index in [9.17, 15) is 23.1 Å². The zero-order valence-electron chi connectivity index (χ0n) is 16.0. The van der Waals surface area contributed by atoms with Gasteiger partial charge in [-0.25, -0.2) is 13.4 Å². The van der Waals surface area contributed by atoms with Crippen molar-refractivity contribution in [2.24, 2.45) is 11.7 Å². The zero-order chi connectivity index (χ0) is 20.9. The molecule has 0 bridgehead atoms. The van der Waals surface area contributed by atoms with Crippen molar-refractivity contribution in [1.82, 2.24) is 14.6 Å². The molecular weight excluding hydrogens is 384 g/mol. The molecule has 10 heteroatoms. The van der Waals surface area contributed by atoms with Gasteiger partial charge in [-0.05, 0) is 38.3 Å². The molecule has 0 unspecified atom stereocenters. The number of pyridine rings is 1. The summed E-state index contributed by atoms with van der Waals surface area (Å²) in [7, 11) is -3.86. The Morgan fingerprint density at radius 2 is 2.14 bits per heavy atom. The third-order valence-electron chi connectivity index (χ3n) is 4.90. The van der Waals surface area contributed by atoms with Crippen molar-refractivity contribution in [2.45, 2.75) is 56.3 Å². The van der Waals surface area contributed by atoms with E-state index in [0.29, 0.717) is 12.8 Å². The summed E-state index contributed by atoms with van der Waals surface area (Å²) in [6.45, 7) is 3.23. The minimum absolute atomic E-state index is 0.0784. The molecule has 2 heterocycles. The van der Waals surface area contributed by atoms with Crippen molar-refractivity contribution in [1.29, 1.82) is 0 Å². The molecule has 1 aromatic heterocycles. The van der Waals surface area contributed by atoms with Gasteiger partial charge in [-0.1, -0.05) is 13.0 Å². The molecule has 155 valence electrons. The predicted octanol–water partition coefficient (Wildman–Crippen LogP) is -0.184. The van der Waals surface area contributed by atoms with E-state index in [-0.39, 0.29) is 24.0 Å². The summed E-state index contributed by atoms with van der Waals surface area (Å²) in [5, 5.41) is 13.2. The largest absolute Gasteiger partial charge is 0.390 e. The van der Waals surface area contributed by atoms with Gasteiger partial charge >= 0.3 is 0 Å². The van der Waals surface area contributed by atoms with E-state index >= 15 is 0 Å². The Morgan fingerprint density at radius 3 is 2.75 bits per heavy atom. The molecule has 28 heavy (non-hydrogen) atoms. The molecule has 1 saturated heterocycles. The van der Waals surface area contributed by atoms with E-state index in [1.54, 1.807) is 26.0 Å². The average molecular weight is 412 g/mol. The first-order chi connectivity index (χ1) is 13.1. The Kier molecular flexibility index (Phi) is 7.50. The Labute approximate surface area is 165 Å². The van der Waals surface area contributed by atoms with Crippen LogP contribution >= 0.6 is 0 Å². The van der Waals surface area contributed by atoms with Crippen LogP contribution in [0.2, 0.25) is 0 Å². The van der Waals surface area contributed by atoms with Gasteiger partial charge in [0.15, 0.2) is 5.03 Å². The number of aromatic nitrogens is 1. The summed E-state index contributed by atoms with van der Waals surface area (Å²) in [6.07, 6.45) is 2.72. The maximum atomic E-state index is 12.9. The SMILES string of the molecule is C[C@H](C[CH]C(=O)N[C@@H]1CC[C@@H](C)N(S(=O)(=O)c2ccccn2)C[C@@H]1O)C(N)=O. The van der Waals surface area contributed by atoms with Gasteiger partial charge < -0.3 is 16.2 Å². The van der Waals surface area contributed by atoms with Crippen molar-refractivity contribution < 1.29 is 23.1 Å². The number of amides is 2. The van der Waals surface area contributed by atoms with Gasteiger partial charge in [0.2, 0.25) is 11.8 Å². The van der Waals surface area contributed by atoms with Crippen molar-refractivity contribution in [3.63, 3.8) is 0 Å². The van der Waals surface area contributed by atoms with E-state index < -0.39 is 39.9 Å². The first-order valence-corrected chi connectivity index (χ1v) is 10.6. The second-order valence-corrected chi connectivity index (χ2v) is 8.93. The Balaban J connectivity index is 2.04. The highest BCUT2D eigenvalue weighted by molar-refractivity contribution is 7.89. The smallest absolute Gasteiger partial charge is 0.260 e. The second-order valence-electron chi connectivity index (χ2n) is 7.09. The highest BCUT2D eigenvalue weighted by atomic mass is 32.2. The van der Waals surface area contributed by atoms with Crippen molar-refractivity contribution in [3.05, 3.63) is 30.8 Å². The number of carbonyl (C=O) groups excluding carboxylic acids is 2. The number of aliphatic hydroxyl groups excluding tert-OH is 1. The van der Waals surface area contributed by atoms with Crippen LogP contribution in [0.3, 0.4) is 0 Å². The van der Waals surface area contributed by atoms with Crippen LogP contribution in [0.15, 0.2) is 29.4 Å². The highest BCUT2D eigenvalue weighted by Crippen LogP contribution is 2.24. The fraction of sp³-hybridized carbons (Fsp3) is 0.556. The van der Waals surface area contributed by atoms with E-state index in [0.717, 1.165) is 0 Å². The maximum Gasteiger partial charge on any atom is 0.260 e. The summed E-state index contributed by atoms with van der Waals surface area (Å²) in [5.41, 5.74) is 5.17. The van der Waals surface area contributed by atoms with Crippen LogP contribution in [-0.2, 0) is 19.6 Å². The van der Waals surface area contributed by atoms with Crippen molar-refractivity contribution in [2.75, 3.05) is 6.54 Å². The van der Waals surface area contributed by atoms with Crippen LogP contribution in [0, 0.1) is 12.3 Å². The Morgan fingerprint density at radius 1 is 1.43 bits per heavy atom. The minimum atomic E-state index is -3.86. The van der Waals surface area contributed by atoms with Crippen LogP contribution in [0.4, 0.5) is 0 Å². The van der Waals surface area contributed by atoms with Gasteiger partial charge in [-0.15, -0.1) is 0 Å². The number of nitrogens with two attached hydrogens (primary N) is 1. The molecular formula is C18H27N4O5S. The van der Waals surface area contributed by atoms with Gasteiger partial charge in [0, 0.05) is 24.7 Å². The number of rotatable bonds is 7. The number of aliphatic hydroxyl groups is 1. The molecule has 1 fully saturated rings. The summed E-state index contributed by atoms with van der Waals surface area (Å²) in [4.78, 5) is 27.1. The van der Waals surface area contributed by atoms with Gasteiger partial charge in [0.25, 0.3) is 10.0 Å². The van der Waals surface area contributed by atoms with Crippen LogP contribution < -0.4 is 11.1 Å². The number of hydrogen-bond donors (Lipinski definition) is 3. The monoisotopic (exact) mass is 411 g/mol. The average Bonchev–Trinajstić information content (AvgIpc) is 2.80. The molecule has 1 radical (unpaired) electrons. The lowest BCUT2D eigenvalue weighted by Crippen LogP contribution is -2.48. The van der Waals surface area contributed by atoms with E-state index in [2.05, 4.69) is 10.3 Å². The molecule has 2 amide bonds. The van der Waals surface area contributed by atoms with Gasteiger partial charge in [0.1, 0.15) is 0 Å². The topological polar surface area (TPSA) is 143 Å². The normalized spacial score (nSPS) is 24.9. The standard InChI is InChI=1S/C18H27N4O5S/c1-12(18(19)25)6-9-16(24)21-14-8-7-13(2)22(11-15(14)23)28(26,27)17-5-3-4-10-20-17/h3-5,9-10,12-15,23H,6-8,11H2,1-2H3,(H2,19,25)(H,21,24)/t12-,13-,14-,15+/m1/s1. The van der Waals surface area contributed by atoms with Crippen molar-refractivity contribution in [3.8, 4) is 0 Å². The van der Waals surface area contributed by atoms with E-state index in [1.807, 2.05) is 0 Å². The summed E-state index contributed by atoms with van der Waals surface area (Å²) < 4.78 is 27.0. The quantitative estimate of drug-likeness (QED) is 0.568. The maximum absolute atomic E-state index is 12.9. The molecule has 0 aliphatic carbocycles. The molecule has 0 spiro atoms. The third-order valence-corrected chi connectivity index (χ3v) is 6.80. The lowest BCUT2D eigenvalue weighted by molar-refractivity contribution is -0.121. The molecule has 0 aromatic carbocycles. The molecule has 2 rings (SSSR count). The van der Waals surface area contributed by atoms with Crippen LogP contribution in [-0.4, -0.2) is 59.4 Å².